The maximum Gasteiger partial charge on any atom is 0.247 e. The molecule has 5 aromatic carbocycles. The van der Waals surface area contributed by atoms with Crippen molar-refractivity contribution in [1.82, 2.24) is 29.4 Å². The Hall–Kier alpha value is -5.27. The molecule has 13 rings (SSSR count). The molecule has 6 aliphatic heterocycles. The molecule has 278 valence electrons. The van der Waals surface area contributed by atoms with Gasteiger partial charge in [0.25, 0.3) is 0 Å². The summed E-state index contributed by atoms with van der Waals surface area (Å²) in [5, 5.41) is 9.29. The topological polar surface area (TPSA) is 48.6 Å². The highest BCUT2D eigenvalue weighted by atomic mass is 32.2. The normalized spacial score (nSPS) is 16.4. The van der Waals surface area contributed by atoms with Crippen LogP contribution in [0.1, 0.15) is 0 Å². The monoisotopic (exact) mass is 822 g/mol. The van der Waals surface area contributed by atoms with E-state index in [0.29, 0.717) is 0 Å². The lowest BCUT2D eigenvalue weighted by atomic mass is 9.34. The fraction of sp³-hybridized carbons (Fsp3) is 0.0909. The van der Waals surface area contributed by atoms with Gasteiger partial charge in [0.2, 0.25) is 13.4 Å². The van der Waals surface area contributed by atoms with Crippen molar-refractivity contribution in [3.8, 4) is 11.4 Å². The van der Waals surface area contributed by atoms with Crippen molar-refractivity contribution < 1.29 is 0 Å². The Kier molecular flexibility index (Phi) is 7.32. The van der Waals surface area contributed by atoms with Gasteiger partial charge in [0, 0.05) is 114 Å². The molecule has 0 aliphatic carbocycles. The number of rotatable bonds is 4. The molecule has 0 radical (unpaired) electrons. The lowest BCUT2D eigenvalue weighted by Crippen LogP contribution is -2.62. The van der Waals surface area contributed by atoms with E-state index in [4.69, 9.17) is 0 Å². The van der Waals surface area contributed by atoms with Crippen LogP contribution in [-0.2, 0) is 0 Å². The van der Waals surface area contributed by atoms with Crippen molar-refractivity contribution in [3.63, 3.8) is 0 Å². The molecule has 8 heterocycles. The van der Waals surface area contributed by atoms with Gasteiger partial charge in [0.05, 0.1) is 24.7 Å². The van der Waals surface area contributed by atoms with E-state index in [-0.39, 0.29) is 13.4 Å². The Bertz CT molecular complexity index is 2740. The number of hydrogen-bond acceptors (Lipinski definition) is 10. The van der Waals surface area contributed by atoms with Gasteiger partial charge in [-0.05, 0) is 95.9 Å². The second kappa shape index (κ2) is 12.6. The Morgan fingerprint density at radius 1 is 0.466 bits per heavy atom. The minimum absolute atomic E-state index is 0.0739. The molecule has 6 aliphatic rings. The van der Waals surface area contributed by atoms with Crippen molar-refractivity contribution in [1.29, 1.82) is 0 Å². The van der Waals surface area contributed by atoms with Crippen LogP contribution in [0.15, 0.2) is 174 Å². The molecule has 58 heavy (non-hydrogen) atoms. The zero-order valence-corrected chi connectivity index (χ0v) is 34.7. The SMILES string of the molecule is CN1C=CN(c2ccc3c(c2)B2c4cc(-n5cccn5)ccc4Sc4c5c6c(c(c42)S3)Sc2ccc(N3C=CN(C)C3)cc2B6c2cc(-n3cccn3)ccc2S5)C1. The van der Waals surface area contributed by atoms with Gasteiger partial charge in [-0.25, -0.2) is 9.36 Å². The van der Waals surface area contributed by atoms with Gasteiger partial charge in [-0.1, -0.05) is 68.9 Å². The van der Waals surface area contributed by atoms with Crippen LogP contribution in [0.2, 0.25) is 0 Å². The molecular weight excluding hydrogens is 790 g/mol. The van der Waals surface area contributed by atoms with Crippen LogP contribution in [-0.4, -0.2) is 70.2 Å². The van der Waals surface area contributed by atoms with Crippen LogP contribution in [0.5, 0.6) is 0 Å². The Morgan fingerprint density at radius 2 is 0.828 bits per heavy atom. The summed E-state index contributed by atoms with van der Waals surface area (Å²) in [5.74, 6) is 0. The van der Waals surface area contributed by atoms with Gasteiger partial charge in [-0.15, -0.1) is 0 Å². The molecule has 0 spiro atoms. The summed E-state index contributed by atoms with van der Waals surface area (Å²) in [7, 11) is 4.26. The third kappa shape index (κ3) is 4.98. The van der Waals surface area contributed by atoms with E-state index in [1.54, 1.807) is 0 Å². The average molecular weight is 823 g/mol. The van der Waals surface area contributed by atoms with E-state index in [2.05, 4.69) is 141 Å². The Morgan fingerprint density at radius 3 is 1.16 bits per heavy atom. The molecule has 14 heteroatoms. The zero-order valence-electron chi connectivity index (χ0n) is 31.5. The first-order valence-corrected chi connectivity index (χ1v) is 22.6. The summed E-state index contributed by atoms with van der Waals surface area (Å²) in [6.07, 6.45) is 16.5. The van der Waals surface area contributed by atoms with Gasteiger partial charge < -0.3 is 19.6 Å². The second-order valence-corrected chi connectivity index (χ2v) is 19.7. The number of aromatic nitrogens is 4. The van der Waals surface area contributed by atoms with Crippen LogP contribution in [0, 0.1) is 0 Å². The predicted octanol–water partition coefficient (Wildman–Crippen LogP) is 5.31. The van der Waals surface area contributed by atoms with Crippen molar-refractivity contribution in [3.05, 3.63) is 135 Å². The summed E-state index contributed by atoms with van der Waals surface area (Å²) in [6, 6.07) is 32.2. The minimum Gasteiger partial charge on any atom is -0.361 e. The Balaban J connectivity index is 1.06. The average Bonchev–Trinajstić information content (AvgIpc) is 4.11. The molecule has 7 aromatic rings. The number of nitrogens with zero attached hydrogens (tertiary/aromatic N) is 8. The molecule has 8 nitrogen and oxygen atoms in total. The third-order valence-corrected chi connectivity index (χ3v) is 17.1. The molecule has 0 N–H and O–H groups in total. The highest BCUT2D eigenvalue weighted by molar-refractivity contribution is 8.05. The molecule has 2 aromatic heterocycles. The molecule has 0 bridgehead atoms. The van der Waals surface area contributed by atoms with Crippen LogP contribution >= 0.6 is 47.0 Å². The standard InChI is InChI=1S/C44H32B2N8S4/c1-49-17-19-51(25-49)27-5-9-35-31(21-27)45-33-23-29(53-15-3-13-47-53)7-11-37(33)57-43-39(45)41(55-35)42-40-44(43)58-38-12-8-30(54-16-4-14-48-54)24-34(38)46(40)32-22-28(6-10-36(32)56-42)52-20-18-50(2)26-52/h3-24H,25-26H2,1-2H3. The molecule has 0 saturated carbocycles. The lowest BCUT2D eigenvalue weighted by molar-refractivity contribution is 0.496. The summed E-state index contributed by atoms with van der Waals surface area (Å²) in [6.45, 7) is 1.83. The zero-order chi connectivity index (χ0) is 38.2. The quantitative estimate of drug-likeness (QED) is 0.219. The van der Waals surface area contributed by atoms with E-state index in [1.165, 1.54) is 83.3 Å². The van der Waals surface area contributed by atoms with Crippen LogP contribution < -0.4 is 42.6 Å². The van der Waals surface area contributed by atoms with Gasteiger partial charge in [0.15, 0.2) is 0 Å². The first-order chi connectivity index (χ1) is 28.5. The summed E-state index contributed by atoms with van der Waals surface area (Å²) >= 11 is 7.87. The van der Waals surface area contributed by atoms with Crippen LogP contribution in [0.4, 0.5) is 11.4 Å². The first kappa shape index (κ1) is 33.7. The van der Waals surface area contributed by atoms with Crippen LogP contribution in [0.25, 0.3) is 11.4 Å². The first-order valence-electron chi connectivity index (χ1n) is 19.3. The molecule has 0 atom stereocenters. The largest absolute Gasteiger partial charge is 0.361 e. The predicted molar refractivity (Wildman–Crippen MR) is 241 cm³/mol. The van der Waals surface area contributed by atoms with E-state index in [0.717, 1.165) is 24.7 Å². The van der Waals surface area contributed by atoms with Crippen LogP contribution in [0.3, 0.4) is 0 Å². The van der Waals surface area contributed by atoms with Crippen molar-refractivity contribution >= 4 is 105 Å². The van der Waals surface area contributed by atoms with E-state index < -0.39 is 0 Å². The summed E-state index contributed by atoms with van der Waals surface area (Å²) in [4.78, 5) is 20.1. The van der Waals surface area contributed by atoms with Crippen molar-refractivity contribution in [2.75, 3.05) is 37.2 Å². The number of benzene rings is 5. The summed E-state index contributed by atoms with van der Waals surface area (Å²) in [5.41, 5.74) is 13.0. The number of anilines is 2. The highest BCUT2D eigenvalue weighted by Crippen LogP contribution is 2.51. The second-order valence-electron chi connectivity index (χ2n) is 15.5. The molecule has 0 amide bonds. The summed E-state index contributed by atoms with van der Waals surface area (Å²) < 4.78 is 3.98. The molecular formula is C44H32B2N8S4. The number of hydrogen-bond donors (Lipinski definition) is 0. The smallest absolute Gasteiger partial charge is 0.247 e. The Labute approximate surface area is 354 Å². The fourth-order valence-electron chi connectivity index (χ4n) is 9.32. The van der Waals surface area contributed by atoms with Gasteiger partial charge in [0.1, 0.15) is 0 Å². The van der Waals surface area contributed by atoms with E-state index in [9.17, 15) is 0 Å². The van der Waals surface area contributed by atoms with Crippen molar-refractivity contribution in [2.45, 2.75) is 39.2 Å². The van der Waals surface area contributed by atoms with Gasteiger partial charge in [-0.2, -0.15) is 10.2 Å². The molecule has 0 fully saturated rings. The third-order valence-electron chi connectivity index (χ3n) is 12.0. The van der Waals surface area contributed by atoms with E-state index >= 15 is 0 Å². The maximum atomic E-state index is 4.65. The van der Waals surface area contributed by atoms with Gasteiger partial charge in [-0.3, -0.25) is 0 Å². The molecule has 0 saturated heterocycles. The lowest BCUT2D eigenvalue weighted by Gasteiger charge is -2.41. The highest BCUT2D eigenvalue weighted by Gasteiger charge is 2.47. The number of fused-ring (bicyclic) bond motifs is 10. The van der Waals surface area contributed by atoms with E-state index in [1.807, 2.05) is 93.3 Å². The fourth-order valence-corrected chi connectivity index (χ4v) is 14.7. The maximum absolute atomic E-state index is 4.65. The van der Waals surface area contributed by atoms with Crippen molar-refractivity contribution in [2.24, 2.45) is 0 Å². The molecule has 0 unspecified atom stereocenters. The van der Waals surface area contributed by atoms with Gasteiger partial charge >= 0.3 is 0 Å². The minimum atomic E-state index is 0.0739.